The number of nitrogens with zero attached hydrogens (tertiary/aromatic N) is 2. The number of nitrogen functional groups attached to an aromatic ring is 1. The van der Waals surface area contributed by atoms with E-state index in [4.69, 9.17) is 5.73 Å². The van der Waals surface area contributed by atoms with Crippen molar-refractivity contribution in [1.82, 2.24) is 15.0 Å². The van der Waals surface area contributed by atoms with E-state index in [0.717, 1.165) is 35.8 Å². The molecular weight excluding hydrogens is 364 g/mol. The van der Waals surface area contributed by atoms with Crippen LogP contribution in [0, 0.1) is 0 Å². The van der Waals surface area contributed by atoms with Crippen molar-refractivity contribution in [3.05, 3.63) is 77.7 Å². The second-order valence-electron chi connectivity index (χ2n) is 7.58. The molecule has 4 N–H and O–H groups in total. The van der Waals surface area contributed by atoms with Crippen LogP contribution >= 0.6 is 0 Å². The van der Waals surface area contributed by atoms with Crippen LogP contribution in [0.25, 0.3) is 22.0 Å². The van der Waals surface area contributed by atoms with E-state index in [1.54, 1.807) is 18.5 Å². The lowest BCUT2D eigenvalue weighted by molar-refractivity contribution is 0.0699. The average molecular weight is 384 g/mol. The maximum Gasteiger partial charge on any atom is 0.337 e. The Hall–Kier alpha value is -3.67. The molecule has 29 heavy (non-hydrogen) atoms. The van der Waals surface area contributed by atoms with Crippen LogP contribution in [0.3, 0.4) is 0 Å². The van der Waals surface area contributed by atoms with Gasteiger partial charge in [0.2, 0.25) is 5.95 Å². The number of nitrogens with one attached hydrogen (secondary N) is 1. The number of fused-ring (bicyclic) bond motifs is 1. The molecule has 4 aromatic rings. The van der Waals surface area contributed by atoms with E-state index in [9.17, 15) is 9.90 Å². The van der Waals surface area contributed by atoms with Crippen LogP contribution in [0.4, 0.5) is 5.95 Å². The van der Waals surface area contributed by atoms with Crippen molar-refractivity contribution >= 4 is 22.8 Å². The highest BCUT2D eigenvalue weighted by Gasteiger charge is 2.42. The smallest absolute Gasteiger partial charge is 0.337 e. The number of anilines is 1. The number of H-pyrrole nitrogens is 1. The van der Waals surface area contributed by atoms with Gasteiger partial charge in [-0.3, -0.25) is 0 Å². The molecule has 1 fully saturated rings. The third kappa shape index (κ3) is 2.68. The number of carboxylic acid groups (broad SMARTS) is 1. The van der Waals surface area contributed by atoms with Gasteiger partial charge in [-0.25, -0.2) is 14.8 Å². The third-order valence-electron chi connectivity index (χ3n) is 6.11. The summed E-state index contributed by atoms with van der Waals surface area (Å²) in [7, 11) is 0. The van der Waals surface area contributed by atoms with Gasteiger partial charge in [-0.05, 0) is 35.6 Å². The van der Waals surface area contributed by atoms with E-state index >= 15 is 0 Å². The number of carbonyl (C=O) groups is 1. The summed E-state index contributed by atoms with van der Waals surface area (Å²) in [5.74, 6) is -0.652. The van der Waals surface area contributed by atoms with Gasteiger partial charge in [-0.2, -0.15) is 0 Å². The average Bonchev–Trinajstić information content (AvgIpc) is 3.13. The molecule has 2 aromatic carbocycles. The van der Waals surface area contributed by atoms with E-state index in [2.05, 4.69) is 39.2 Å². The molecule has 0 spiro atoms. The van der Waals surface area contributed by atoms with Crippen molar-refractivity contribution in [3.63, 3.8) is 0 Å². The van der Waals surface area contributed by atoms with Crippen LogP contribution in [-0.2, 0) is 5.41 Å². The molecule has 2 aromatic heterocycles. The van der Waals surface area contributed by atoms with Gasteiger partial charge in [0, 0.05) is 35.0 Å². The van der Waals surface area contributed by atoms with Gasteiger partial charge in [-0.15, -0.1) is 0 Å². The van der Waals surface area contributed by atoms with Crippen LogP contribution in [0.2, 0.25) is 0 Å². The van der Waals surface area contributed by atoms with Crippen LogP contribution in [-0.4, -0.2) is 26.0 Å². The van der Waals surface area contributed by atoms with Gasteiger partial charge < -0.3 is 15.8 Å². The van der Waals surface area contributed by atoms with Crippen molar-refractivity contribution < 1.29 is 9.90 Å². The first-order chi connectivity index (χ1) is 14.1. The molecule has 5 rings (SSSR count). The monoisotopic (exact) mass is 384 g/mol. The fourth-order valence-electron chi connectivity index (χ4n) is 4.44. The molecule has 0 amide bonds. The fourth-order valence-corrected chi connectivity index (χ4v) is 4.44. The van der Waals surface area contributed by atoms with Crippen molar-refractivity contribution in [2.45, 2.75) is 24.7 Å². The Kier molecular flexibility index (Phi) is 3.87. The first kappa shape index (κ1) is 17.4. The minimum atomic E-state index is -0.915. The van der Waals surface area contributed by atoms with E-state index < -0.39 is 5.97 Å². The van der Waals surface area contributed by atoms with E-state index in [1.807, 2.05) is 18.3 Å². The predicted octanol–water partition coefficient (Wildman–Crippen LogP) is 4.38. The molecular formula is C23H20N4O2. The molecule has 0 radical (unpaired) electrons. The number of carboxylic acids is 1. The Morgan fingerprint density at radius 1 is 1.03 bits per heavy atom. The van der Waals surface area contributed by atoms with Crippen LogP contribution < -0.4 is 5.73 Å². The summed E-state index contributed by atoms with van der Waals surface area (Å²) < 4.78 is 0. The Balaban J connectivity index is 1.57. The quantitative estimate of drug-likeness (QED) is 0.484. The molecule has 0 bridgehead atoms. The summed E-state index contributed by atoms with van der Waals surface area (Å²) in [4.78, 5) is 22.9. The molecule has 144 valence electrons. The zero-order valence-corrected chi connectivity index (χ0v) is 15.7. The fraction of sp³-hybridized carbons (Fsp3) is 0.174. The minimum absolute atomic E-state index is 0.0917. The summed E-state index contributed by atoms with van der Waals surface area (Å²) in [6.07, 6.45) is 8.67. The second kappa shape index (κ2) is 6.44. The van der Waals surface area contributed by atoms with Crippen LogP contribution in [0.1, 0.15) is 40.7 Å². The van der Waals surface area contributed by atoms with Crippen molar-refractivity contribution in [2.75, 3.05) is 5.73 Å². The number of aromatic nitrogens is 3. The van der Waals surface area contributed by atoms with E-state index in [-0.39, 0.29) is 11.4 Å². The van der Waals surface area contributed by atoms with E-state index in [1.165, 1.54) is 11.1 Å². The second-order valence-corrected chi connectivity index (χ2v) is 7.58. The van der Waals surface area contributed by atoms with Gasteiger partial charge in [0.05, 0.1) is 11.1 Å². The van der Waals surface area contributed by atoms with Gasteiger partial charge >= 0.3 is 5.97 Å². The topological polar surface area (TPSA) is 105 Å². The molecule has 1 aliphatic rings. The molecule has 2 heterocycles. The highest BCUT2D eigenvalue weighted by Crippen LogP contribution is 2.51. The summed E-state index contributed by atoms with van der Waals surface area (Å²) >= 11 is 0. The molecule has 0 unspecified atom stereocenters. The third-order valence-corrected chi connectivity index (χ3v) is 6.11. The Morgan fingerprint density at radius 2 is 1.76 bits per heavy atom. The normalized spacial score (nSPS) is 15.2. The highest BCUT2D eigenvalue weighted by atomic mass is 16.4. The number of benzene rings is 2. The van der Waals surface area contributed by atoms with Gasteiger partial charge in [0.1, 0.15) is 0 Å². The summed E-state index contributed by atoms with van der Waals surface area (Å²) in [5.41, 5.74) is 10.9. The summed E-state index contributed by atoms with van der Waals surface area (Å²) in [6, 6.07) is 14.0. The van der Waals surface area contributed by atoms with Gasteiger partial charge in [0.15, 0.2) is 0 Å². The number of nitrogens with two attached hydrogens (primary N) is 1. The standard InChI is InChI=1S/C23H20N4O2/c24-22-26-11-15(12-27-22)14-5-7-16(8-6-14)23(9-2-10-23)19-13-25-20-17(19)3-1-4-18(20)21(28)29/h1,3-8,11-13,25H,2,9-10H2,(H,28,29)(H2,24,26,27). The maximum atomic E-state index is 11.6. The lowest BCUT2D eigenvalue weighted by Crippen LogP contribution is -2.35. The SMILES string of the molecule is Nc1ncc(-c2ccc(C3(c4c[nH]c5c(C(=O)O)cccc45)CCC3)cc2)cn1. The van der Waals surface area contributed by atoms with Gasteiger partial charge in [-0.1, -0.05) is 42.8 Å². The number of para-hydroxylation sites is 1. The minimum Gasteiger partial charge on any atom is -0.478 e. The number of aromatic amines is 1. The molecule has 6 heteroatoms. The largest absolute Gasteiger partial charge is 0.478 e. The zero-order valence-electron chi connectivity index (χ0n) is 15.7. The first-order valence-electron chi connectivity index (χ1n) is 9.61. The Bertz CT molecular complexity index is 1210. The Morgan fingerprint density at radius 3 is 2.38 bits per heavy atom. The summed E-state index contributed by atoms with van der Waals surface area (Å²) in [5, 5.41) is 10.5. The number of hydrogen-bond acceptors (Lipinski definition) is 4. The van der Waals surface area contributed by atoms with Crippen molar-refractivity contribution in [2.24, 2.45) is 0 Å². The first-order valence-corrected chi connectivity index (χ1v) is 9.61. The molecule has 1 aliphatic carbocycles. The maximum absolute atomic E-state index is 11.6. The lowest BCUT2D eigenvalue weighted by atomic mass is 9.60. The molecule has 0 atom stereocenters. The lowest BCUT2D eigenvalue weighted by Gasteiger charge is -2.43. The number of rotatable bonds is 4. The van der Waals surface area contributed by atoms with Gasteiger partial charge in [0.25, 0.3) is 0 Å². The van der Waals surface area contributed by atoms with Crippen molar-refractivity contribution in [1.29, 1.82) is 0 Å². The van der Waals surface area contributed by atoms with Crippen molar-refractivity contribution in [3.8, 4) is 11.1 Å². The predicted molar refractivity (Wildman–Crippen MR) is 112 cm³/mol. The highest BCUT2D eigenvalue weighted by molar-refractivity contribution is 6.03. The number of aromatic carboxylic acids is 1. The van der Waals surface area contributed by atoms with Crippen LogP contribution in [0.5, 0.6) is 0 Å². The van der Waals surface area contributed by atoms with Crippen LogP contribution in [0.15, 0.2) is 61.1 Å². The van der Waals surface area contributed by atoms with E-state index in [0.29, 0.717) is 11.1 Å². The molecule has 1 saturated carbocycles. The molecule has 6 nitrogen and oxygen atoms in total. The summed E-state index contributed by atoms with van der Waals surface area (Å²) in [6.45, 7) is 0. The zero-order chi connectivity index (χ0) is 20.0. The molecule has 0 aliphatic heterocycles. The molecule has 0 saturated heterocycles. The Labute approximate surface area is 167 Å². The number of hydrogen-bond donors (Lipinski definition) is 3.